The lowest BCUT2D eigenvalue weighted by Gasteiger charge is -2.36. The van der Waals surface area contributed by atoms with E-state index in [4.69, 9.17) is 10.5 Å². The third-order valence-electron chi connectivity index (χ3n) is 3.79. The van der Waals surface area contributed by atoms with Crippen LogP contribution in [0.1, 0.15) is 17.2 Å². The highest BCUT2D eigenvalue weighted by molar-refractivity contribution is 9.10. The van der Waals surface area contributed by atoms with E-state index >= 15 is 0 Å². The van der Waals surface area contributed by atoms with E-state index in [0.717, 1.165) is 17.4 Å². The summed E-state index contributed by atoms with van der Waals surface area (Å²) in [4.78, 5) is 11.0. The summed E-state index contributed by atoms with van der Waals surface area (Å²) >= 11 is 3.38. The van der Waals surface area contributed by atoms with Gasteiger partial charge in [-0.3, -0.25) is 0 Å². The Morgan fingerprint density at radius 1 is 1.43 bits per heavy atom. The number of rotatable bonds is 3. The van der Waals surface area contributed by atoms with Crippen LogP contribution in [0.3, 0.4) is 0 Å². The van der Waals surface area contributed by atoms with Crippen LogP contribution in [0.5, 0.6) is 5.88 Å². The highest BCUT2D eigenvalue weighted by atomic mass is 79.9. The van der Waals surface area contributed by atoms with Gasteiger partial charge in [-0.05, 0) is 33.5 Å². The molecule has 0 aliphatic carbocycles. The van der Waals surface area contributed by atoms with Gasteiger partial charge in [-0.2, -0.15) is 4.98 Å². The van der Waals surface area contributed by atoms with E-state index in [-0.39, 0.29) is 6.04 Å². The Kier molecular flexibility index (Phi) is 4.07. The number of aromatic nitrogens is 2. The van der Waals surface area contributed by atoms with Crippen molar-refractivity contribution in [2.45, 2.75) is 12.5 Å². The van der Waals surface area contributed by atoms with E-state index in [9.17, 15) is 0 Å². The Morgan fingerprint density at radius 2 is 2.24 bits per heavy atom. The number of methoxy groups -OCH3 is 1. The molecule has 1 aromatic heterocycles. The quantitative estimate of drug-likeness (QED) is 0.921. The van der Waals surface area contributed by atoms with Crippen molar-refractivity contribution < 1.29 is 4.74 Å². The number of hydrogen-bond donors (Lipinski definition) is 1. The molecule has 0 saturated carbocycles. The molecule has 0 fully saturated rings. The molecule has 5 nitrogen and oxygen atoms in total. The molecule has 0 spiro atoms. The first-order chi connectivity index (χ1) is 10.2. The van der Waals surface area contributed by atoms with Crippen molar-refractivity contribution in [3.8, 4) is 5.88 Å². The van der Waals surface area contributed by atoms with Gasteiger partial charge in [0.05, 0.1) is 23.8 Å². The second-order valence-electron chi connectivity index (χ2n) is 4.92. The molecule has 1 atom stereocenters. The summed E-state index contributed by atoms with van der Waals surface area (Å²) in [5.74, 6) is 1.19. The van der Waals surface area contributed by atoms with Crippen LogP contribution in [-0.2, 0) is 6.42 Å². The summed E-state index contributed by atoms with van der Waals surface area (Å²) in [6, 6.07) is 8.52. The molecule has 1 aliphatic rings. The topological polar surface area (TPSA) is 64.3 Å². The van der Waals surface area contributed by atoms with Crippen molar-refractivity contribution in [1.82, 2.24) is 9.97 Å². The van der Waals surface area contributed by atoms with Gasteiger partial charge in [0.15, 0.2) is 0 Å². The average Bonchev–Trinajstić information content (AvgIpc) is 2.54. The van der Waals surface area contributed by atoms with Crippen LogP contribution in [0.25, 0.3) is 0 Å². The first-order valence-electron chi connectivity index (χ1n) is 6.85. The van der Waals surface area contributed by atoms with Gasteiger partial charge in [-0.15, -0.1) is 0 Å². The van der Waals surface area contributed by atoms with E-state index in [1.54, 1.807) is 13.3 Å². The molecule has 2 heterocycles. The summed E-state index contributed by atoms with van der Waals surface area (Å²) in [7, 11) is 1.60. The molecular formula is C15H17BrN4O. The number of anilines is 1. The lowest BCUT2D eigenvalue weighted by atomic mass is 9.93. The average molecular weight is 349 g/mol. The van der Waals surface area contributed by atoms with Gasteiger partial charge in [0.25, 0.3) is 0 Å². The second-order valence-corrected chi connectivity index (χ2v) is 5.78. The lowest BCUT2D eigenvalue weighted by molar-refractivity contribution is 0.393. The fourth-order valence-electron chi connectivity index (χ4n) is 2.77. The number of nitrogens with two attached hydrogens (primary N) is 1. The van der Waals surface area contributed by atoms with Crippen LogP contribution in [-0.4, -0.2) is 30.2 Å². The van der Waals surface area contributed by atoms with E-state index in [1.807, 2.05) is 6.07 Å². The van der Waals surface area contributed by atoms with Crippen molar-refractivity contribution in [3.05, 3.63) is 46.1 Å². The normalized spacial score (nSPS) is 17.5. The smallest absolute Gasteiger partial charge is 0.232 e. The molecule has 0 radical (unpaired) electrons. The molecule has 1 aliphatic heterocycles. The number of hydrogen-bond acceptors (Lipinski definition) is 5. The van der Waals surface area contributed by atoms with Gasteiger partial charge in [-0.1, -0.05) is 24.3 Å². The predicted molar refractivity (Wildman–Crippen MR) is 85.6 cm³/mol. The number of nitrogens with zero attached hydrogens (tertiary/aromatic N) is 3. The molecular weight excluding hydrogens is 332 g/mol. The first-order valence-corrected chi connectivity index (χ1v) is 7.65. The Balaban J connectivity index is 1.99. The van der Waals surface area contributed by atoms with Crippen molar-refractivity contribution in [1.29, 1.82) is 0 Å². The standard InChI is InChI=1S/C15H17BrN4O/c1-21-14-12(16)9-18-15(19-14)20-7-6-10-4-2-3-5-11(10)13(20)8-17/h2-5,9,13H,6-8,17H2,1H3. The van der Waals surface area contributed by atoms with Crippen molar-refractivity contribution >= 4 is 21.9 Å². The highest BCUT2D eigenvalue weighted by Gasteiger charge is 2.28. The van der Waals surface area contributed by atoms with Gasteiger partial charge in [-0.25, -0.2) is 4.98 Å². The fourth-order valence-corrected chi connectivity index (χ4v) is 3.12. The van der Waals surface area contributed by atoms with Gasteiger partial charge in [0.2, 0.25) is 11.8 Å². The summed E-state index contributed by atoms with van der Waals surface area (Å²) in [5.41, 5.74) is 8.62. The van der Waals surface area contributed by atoms with Crippen LogP contribution in [0.2, 0.25) is 0 Å². The van der Waals surface area contributed by atoms with Gasteiger partial charge in [0, 0.05) is 13.1 Å². The summed E-state index contributed by atoms with van der Waals surface area (Å²) in [6.07, 6.45) is 2.68. The van der Waals surface area contributed by atoms with Crippen LogP contribution in [0.15, 0.2) is 34.9 Å². The fraction of sp³-hybridized carbons (Fsp3) is 0.333. The largest absolute Gasteiger partial charge is 0.480 e. The SMILES string of the molecule is COc1nc(N2CCc3ccccc3C2CN)ncc1Br. The Labute approximate surface area is 132 Å². The Bertz CT molecular complexity index is 649. The third kappa shape index (κ3) is 2.61. The van der Waals surface area contributed by atoms with Crippen molar-refractivity contribution in [2.75, 3.05) is 25.1 Å². The summed E-state index contributed by atoms with van der Waals surface area (Å²) in [6.45, 7) is 1.38. The van der Waals surface area contributed by atoms with Crippen LogP contribution in [0.4, 0.5) is 5.95 Å². The Morgan fingerprint density at radius 3 is 3.00 bits per heavy atom. The number of ether oxygens (including phenoxy) is 1. The minimum atomic E-state index is 0.0980. The molecule has 110 valence electrons. The zero-order chi connectivity index (χ0) is 14.8. The molecule has 21 heavy (non-hydrogen) atoms. The van der Waals surface area contributed by atoms with E-state index < -0.39 is 0 Å². The van der Waals surface area contributed by atoms with E-state index in [0.29, 0.717) is 18.4 Å². The number of benzene rings is 1. The van der Waals surface area contributed by atoms with Crippen LogP contribution in [0, 0.1) is 0 Å². The predicted octanol–water partition coefficient (Wildman–Crippen LogP) is 2.31. The molecule has 0 amide bonds. The maximum atomic E-state index is 6.01. The van der Waals surface area contributed by atoms with Crippen LogP contribution < -0.4 is 15.4 Å². The number of fused-ring (bicyclic) bond motifs is 1. The molecule has 2 aromatic rings. The van der Waals surface area contributed by atoms with Gasteiger partial charge < -0.3 is 15.4 Å². The maximum Gasteiger partial charge on any atom is 0.232 e. The molecule has 2 N–H and O–H groups in total. The zero-order valence-electron chi connectivity index (χ0n) is 11.8. The van der Waals surface area contributed by atoms with E-state index in [2.05, 4.69) is 49.0 Å². The molecule has 6 heteroatoms. The van der Waals surface area contributed by atoms with Crippen LogP contribution >= 0.6 is 15.9 Å². The molecule has 0 saturated heterocycles. The minimum absolute atomic E-state index is 0.0980. The summed E-state index contributed by atoms with van der Waals surface area (Å²) in [5, 5.41) is 0. The highest BCUT2D eigenvalue weighted by Crippen LogP contribution is 2.33. The lowest BCUT2D eigenvalue weighted by Crippen LogP contribution is -2.40. The summed E-state index contributed by atoms with van der Waals surface area (Å²) < 4.78 is 6.00. The number of halogens is 1. The molecule has 0 bridgehead atoms. The Hall–Kier alpha value is -1.66. The monoisotopic (exact) mass is 348 g/mol. The molecule has 1 aromatic carbocycles. The van der Waals surface area contributed by atoms with Crippen molar-refractivity contribution in [2.24, 2.45) is 5.73 Å². The van der Waals surface area contributed by atoms with E-state index in [1.165, 1.54) is 11.1 Å². The maximum absolute atomic E-state index is 6.01. The first kappa shape index (κ1) is 14.3. The molecule has 3 rings (SSSR count). The third-order valence-corrected chi connectivity index (χ3v) is 4.33. The van der Waals surface area contributed by atoms with Crippen molar-refractivity contribution in [3.63, 3.8) is 0 Å². The second kappa shape index (κ2) is 5.99. The van der Waals surface area contributed by atoms with Gasteiger partial charge >= 0.3 is 0 Å². The van der Waals surface area contributed by atoms with Gasteiger partial charge in [0.1, 0.15) is 0 Å². The zero-order valence-corrected chi connectivity index (χ0v) is 13.4. The molecule has 1 unspecified atom stereocenters. The minimum Gasteiger partial charge on any atom is -0.480 e.